The van der Waals surface area contributed by atoms with E-state index in [1.807, 2.05) is 54.6 Å². The molecule has 4 rings (SSSR count). The molecule has 0 atom stereocenters. The number of rotatable bonds is 2. The summed E-state index contributed by atoms with van der Waals surface area (Å²) in [5.41, 5.74) is 2.09. The fraction of sp³-hybridized carbons (Fsp3) is 0.100. The largest absolute Gasteiger partial charge is 0.324 e. The summed E-state index contributed by atoms with van der Waals surface area (Å²) in [5.74, 6) is 0.268. The molecule has 25 heavy (non-hydrogen) atoms. The second kappa shape index (κ2) is 6.26. The molecule has 0 spiro atoms. The molecule has 5 heteroatoms. The highest BCUT2D eigenvalue weighted by molar-refractivity contribution is 8.00. The van der Waals surface area contributed by atoms with Gasteiger partial charge in [-0.05, 0) is 41.1 Å². The van der Waals surface area contributed by atoms with Crippen LogP contribution in [0.4, 0.5) is 11.4 Å². The summed E-state index contributed by atoms with van der Waals surface area (Å²) < 4.78 is 0. The summed E-state index contributed by atoms with van der Waals surface area (Å²) in [6, 6.07) is 19.5. The van der Waals surface area contributed by atoms with Crippen LogP contribution in [0.2, 0.25) is 0 Å². The average molecular weight is 348 g/mol. The van der Waals surface area contributed by atoms with E-state index in [4.69, 9.17) is 0 Å². The van der Waals surface area contributed by atoms with Crippen molar-refractivity contribution in [1.29, 1.82) is 0 Å². The number of nitrogens with one attached hydrogen (secondary N) is 1. The molecule has 0 unspecified atom stereocenters. The van der Waals surface area contributed by atoms with E-state index < -0.39 is 0 Å². The maximum Gasteiger partial charge on any atom is 0.258 e. The quantitative estimate of drug-likeness (QED) is 0.756. The third-order valence-electron chi connectivity index (χ3n) is 4.28. The third-order valence-corrected chi connectivity index (χ3v) is 5.36. The number of amides is 2. The van der Waals surface area contributed by atoms with Crippen molar-refractivity contribution in [2.75, 3.05) is 23.0 Å². The molecule has 0 fully saturated rings. The number of hydrogen-bond donors (Lipinski definition) is 1. The van der Waals surface area contributed by atoms with Gasteiger partial charge in [-0.25, -0.2) is 0 Å². The fourth-order valence-electron chi connectivity index (χ4n) is 2.91. The van der Waals surface area contributed by atoms with E-state index >= 15 is 0 Å². The molecule has 3 aromatic rings. The highest BCUT2D eigenvalue weighted by Gasteiger charge is 2.19. The highest BCUT2D eigenvalue weighted by Crippen LogP contribution is 2.32. The summed E-state index contributed by atoms with van der Waals surface area (Å²) >= 11 is 1.49. The van der Waals surface area contributed by atoms with Gasteiger partial charge in [0.25, 0.3) is 5.91 Å². The number of thioether (sulfide) groups is 1. The first-order valence-corrected chi connectivity index (χ1v) is 8.94. The summed E-state index contributed by atoms with van der Waals surface area (Å²) in [4.78, 5) is 27.0. The molecular formula is C20H16N2O2S. The van der Waals surface area contributed by atoms with Gasteiger partial charge in [0.2, 0.25) is 5.91 Å². The van der Waals surface area contributed by atoms with E-state index in [0.29, 0.717) is 17.0 Å². The summed E-state index contributed by atoms with van der Waals surface area (Å²) in [5, 5.41) is 5.06. The van der Waals surface area contributed by atoms with Crippen LogP contribution >= 0.6 is 11.8 Å². The van der Waals surface area contributed by atoms with Gasteiger partial charge in [-0.2, -0.15) is 0 Å². The van der Waals surface area contributed by atoms with Crippen molar-refractivity contribution < 1.29 is 9.59 Å². The molecule has 0 saturated carbocycles. The van der Waals surface area contributed by atoms with Gasteiger partial charge in [0, 0.05) is 23.2 Å². The van der Waals surface area contributed by atoms with E-state index in [9.17, 15) is 9.59 Å². The molecular weight excluding hydrogens is 332 g/mol. The lowest BCUT2D eigenvalue weighted by atomic mass is 10.1. The lowest BCUT2D eigenvalue weighted by molar-refractivity contribution is -0.113. The Hall–Kier alpha value is -2.79. The third kappa shape index (κ3) is 2.98. The van der Waals surface area contributed by atoms with Crippen molar-refractivity contribution in [3.05, 3.63) is 66.2 Å². The van der Waals surface area contributed by atoms with Crippen LogP contribution < -0.4 is 10.2 Å². The van der Waals surface area contributed by atoms with Crippen LogP contribution in [0.25, 0.3) is 10.8 Å². The van der Waals surface area contributed by atoms with E-state index in [0.717, 1.165) is 21.4 Å². The zero-order valence-electron chi connectivity index (χ0n) is 13.7. The lowest BCUT2D eigenvalue weighted by Gasteiger charge is -2.20. The van der Waals surface area contributed by atoms with Gasteiger partial charge >= 0.3 is 0 Å². The number of anilines is 2. The van der Waals surface area contributed by atoms with Crippen molar-refractivity contribution in [2.24, 2.45) is 0 Å². The Morgan fingerprint density at radius 3 is 2.68 bits per heavy atom. The molecule has 0 aliphatic carbocycles. The Morgan fingerprint density at radius 1 is 1.04 bits per heavy atom. The van der Waals surface area contributed by atoms with Crippen molar-refractivity contribution in [1.82, 2.24) is 0 Å². The average Bonchev–Trinajstić information content (AvgIpc) is 2.65. The minimum atomic E-state index is -0.108. The number of fused-ring (bicyclic) bond motifs is 2. The second-order valence-electron chi connectivity index (χ2n) is 5.94. The smallest absolute Gasteiger partial charge is 0.258 e. The van der Waals surface area contributed by atoms with Gasteiger partial charge in [0.1, 0.15) is 0 Å². The molecule has 0 saturated heterocycles. The van der Waals surface area contributed by atoms with E-state index in [-0.39, 0.29) is 11.8 Å². The van der Waals surface area contributed by atoms with Crippen LogP contribution in [0.5, 0.6) is 0 Å². The van der Waals surface area contributed by atoms with E-state index in [2.05, 4.69) is 5.32 Å². The molecule has 1 N–H and O–H groups in total. The summed E-state index contributed by atoms with van der Waals surface area (Å²) in [6.07, 6.45) is 0. The van der Waals surface area contributed by atoms with Crippen LogP contribution in [-0.2, 0) is 4.79 Å². The Balaban J connectivity index is 1.65. The molecule has 1 aliphatic rings. The summed E-state index contributed by atoms with van der Waals surface area (Å²) in [7, 11) is 1.76. The van der Waals surface area contributed by atoms with E-state index in [1.54, 1.807) is 18.0 Å². The minimum absolute atomic E-state index is 0.0371. The van der Waals surface area contributed by atoms with Crippen LogP contribution in [-0.4, -0.2) is 24.6 Å². The predicted molar refractivity (Wildman–Crippen MR) is 102 cm³/mol. The molecule has 1 heterocycles. The molecule has 2 amide bonds. The van der Waals surface area contributed by atoms with Gasteiger partial charge in [-0.15, -0.1) is 11.8 Å². The number of hydrogen-bond acceptors (Lipinski definition) is 3. The Labute approximate surface area is 149 Å². The molecule has 4 nitrogen and oxygen atoms in total. The zero-order chi connectivity index (χ0) is 17.4. The SMILES string of the molecule is CN(C(=O)c1ccc2c(c1)NC(=O)CS2)c1ccc2ccccc2c1. The van der Waals surface area contributed by atoms with Gasteiger partial charge in [0.05, 0.1) is 11.4 Å². The molecule has 3 aromatic carbocycles. The van der Waals surface area contributed by atoms with E-state index in [1.165, 1.54) is 11.8 Å². The van der Waals surface area contributed by atoms with Crippen molar-refractivity contribution in [2.45, 2.75) is 4.90 Å². The monoisotopic (exact) mass is 348 g/mol. The van der Waals surface area contributed by atoms with Crippen molar-refractivity contribution in [3.63, 3.8) is 0 Å². The Morgan fingerprint density at radius 2 is 1.84 bits per heavy atom. The van der Waals surface area contributed by atoms with Gasteiger partial charge in [-0.3, -0.25) is 9.59 Å². The first kappa shape index (κ1) is 15.7. The second-order valence-corrected chi connectivity index (χ2v) is 6.96. The molecule has 0 bridgehead atoms. The normalized spacial score (nSPS) is 13.2. The number of carbonyl (C=O) groups excluding carboxylic acids is 2. The lowest BCUT2D eigenvalue weighted by Crippen LogP contribution is -2.26. The zero-order valence-corrected chi connectivity index (χ0v) is 14.5. The predicted octanol–water partition coefficient (Wildman–Crippen LogP) is 4.16. The van der Waals surface area contributed by atoms with Crippen LogP contribution in [0, 0.1) is 0 Å². The summed E-state index contributed by atoms with van der Waals surface area (Å²) in [6.45, 7) is 0. The van der Waals surface area contributed by atoms with Crippen LogP contribution in [0.1, 0.15) is 10.4 Å². The van der Waals surface area contributed by atoms with Crippen LogP contribution in [0.3, 0.4) is 0 Å². The van der Waals surface area contributed by atoms with Gasteiger partial charge < -0.3 is 10.2 Å². The highest BCUT2D eigenvalue weighted by atomic mass is 32.2. The molecule has 0 radical (unpaired) electrons. The Bertz CT molecular complexity index is 1000. The maximum atomic E-state index is 12.9. The van der Waals surface area contributed by atoms with Crippen molar-refractivity contribution in [3.8, 4) is 0 Å². The van der Waals surface area contributed by atoms with Crippen LogP contribution in [0.15, 0.2) is 65.6 Å². The fourth-order valence-corrected chi connectivity index (χ4v) is 3.70. The maximum absolute atomic E-state index is 12.9. The molecule has 124 valence electrons. The van der Waals surface area contributed by atoms with Gasteiger partial charge in [-0.1, -0.05) is 30.3 Å². The molecule has 1 aliphatic heterocycles. The molecule has 0 aromatic heterocycles. The standard InChI is InChI=1S/C20H16N2O2S/c1-22(16-8-6-13-4-2-3-5-14(13)10-16)20(24)15-7-9-18-17(11-15)21-19(23)12-25-18/h2-11H,12H2,1H3,(H,21,23). The Kier molecular flexibility index (Phi) is 3.93. The number of carbonyl (C=O) groups is 2. The van der Waals surface area contributed by atoms with Crippen molar-refractivity contribution >= 4 is 45.7 Å². The minimum Gasteiger partial charge on any atom is -0.324 e. The topological polar surface area (TPSA) is 49.4 Å². The first-order valence-electron chi connectivity index (χ1n) is 7.95. The number of benzene rings is 3. The number of nitrogens with zero attached hydrogens (tertiary/aromatic N) is 1. The first-order chi connectivity index (χ1) is 12.1. The van der Waals surface area contributed by atoms with Gasteiger partial charge in [0.15, 0.2) is 0 Å².